The lowest BCUT2D eigenvalue weighted by Gasteiger charge is -2.24. The molecular formula is C18H25BrN2O. The summed E-state index contributed by atoms with van der Waals surface area (Å²) in [5, 5.41) is 6.69. The van der Waals surface area contributed by atoms with Crippen LogP contribution in [0.3, 0.4) is 0 Å². The predicted octanol–water partition coefficient (Wildman–Crippen LogP) is 3.72. The number of piperidine rings is 1. The first kappa shape index (κ1) is 16.0. The van der Waals surface area contributed by atoms with E-state index in [9.17, 15) is 4.79 Å². The minimum atomic E-state index is 0.189. The van der Waals surface area contributed by atoms with Crippen molar-refractivity contribution >= 4 is 21.8 Å². The highest BCUT2D eigenvalue weighted by atomic mass is 79.9. The van der Waals surface area contributed by atoms with Crippen molar-refractivity contribution in [2.75, 3.05) is 13.1 Å². The molecule has 3 nitrogen and oxygen atoms in total. The van der Waals surface area contributed by atoms with Crippen LogP contribution in [-0.2, 0) is 11.2 Å². The fraction of sp³-hybridized carbons (Fsp3) is 0.611. The van der Waals surface area contributed by atoms with E-state index >= 15 is 0 Å². The quantitative estimate of drug-likeness (QED) is 0.802. The lowest BCUT2D eigenvalue weighted by atomic mass is 9.95. The van der Waals surface area contributed by atoms with Crippen molar-refractivity contribution in [3.05, 3.63) is 33.8 Å². The number of halogens is 1. The number of hydrogen-bond donors (Lipinski definition) is 2. The van der Waals surface area contributed by atoms with Crippen molar-refractivity contribution < 1.29 is 4.79 Å². The summed E-state index contributed by atoms with van der Waals surface area (Å²) < 4.78 is 1.13. The largest absolute Gasteiger partial charge is 0.349 e. The van der Waals surface area contributed by atoms with Crippen LogP contribution in [0.15, 0.2) is 22.7 Å². The van der Waals surface area contributed by atoms with Gasteiger partial charge in [-0.1, -0.05) is 28.4 Å². The summed E-state index contributed by atoms with van der Waals surface area (Å²) in [5.74, 6) is 0.721. The third-order valence-electron chi connectivity index (χ3n) is 4.88. The Labute approximate surface area is 141 Å². The van der Waals surface area contributed by atoms with Crippen LogP contribution in [0.25, 0.3) is 0 Å². The first-order chi connectivity index (χ1) is 10.7. The SMILES string of the molecule is O=C(CC1CCCNC1)NC1CCCCc2cc(Br)ccc21. The minimum Gasteiger partial charge on any atom is -0.349 e. The fourth-order valence-corrected chi connectivity index (χ4v) is 4.12. The van der Waals surface area contributed by atoms with E-state index in [0.717, 1.165) is 30.4 Å². The second-order valence-corrected chi connectivity index (χ2v) is 7.54. The molecular weight excluding hydrogens is 340 g/mol. The Morgan fingerprint density at radius 1 is 1.27 bits per heavy atom. The molecule has 2 unspecified atom stereocenters. The number of rotatable bonds is 3. The topological polar surface area (TPSA) is 41.1 Å². The first-order valence-corrected chi connectivity index (χ1v) is 9.30. The standard InChI is InChI=1S/C18H25BrN2O/c19-15-7-8-16-14(11-15)5-1-2-6-17(16)21-18(22)10-13-4-3-9-20-12-13/h7-8,11,13,17,20H,1-6,9-10,12H2,(H,21,22). The van der Waals surface area contributed by atoms with Crippen LogP contribution >= 0.6 is 15.9 Å². The number of nitrogens with one attached hydrogen (secondary N) is 2. The summed E-state index contributed by atoms with van der Waals surface area (Å²) in [4.78, 5) is 12.4. The molecule has 2 N–H and O–H groups in total. The monoisotopic (exact) mass is 364 g/mol. The number of benzene rings is 1. The van der Waals surface area contributed by atoms with E-state index in [-0.39, 0.29) is 11.9 Å². The molecule has 4 heteroatoms. The Morgan fingerprint density at radius 2 is 2.18 bits per heavy atom. The average Bonchev–Trinajstić information content (AvgIpc) is 2.70. The van der Waals surface area contributed by atoms with Gasteiger partial charge >= 0.3 is 0 Å². The fourth-order valence-electron chi connectivity index (χ4n) is 3.71. The van der Waals surface area contributed by atoms with Crippen LogP contribution in [0.5, 0.6) is 0 Å². The Kier molecular flexibility index (Phi) is 5.53. The van der Waals surface area contributed by atoms with Crippen molar-refractivity contribution in [2.24, 2.45) is 5.92 Å². The van der Waals surface area contributed by atoms with Crippen LogP contribution in [0.4, 0.5) is 0 Å². The van der Waals surface area contributed by atoms with Crippen molar-refractivity contribution in [1.29, 1.82) is 0 Å². The third kappa shape index (κ3) is 4.11. The molecule has 1 aromatic carbocycles. The van der Waals surface area contributed by atoms with Crippen LogP contribution in [0.1, 0.15) is 55.7 Å². The summed E-state index contributed by atoms with van der Waals surface area (Å²) in [7, 11) is 0. The molecule has 1 aromatic rings. The molecule has 3 rings (SSSR count). The first-order valence-electron chi connectivity index (χ1n) is 8.51. The van der Waals surface area contributed by atoms with Gasteiger partial charge in [-0.05, 0) is 74.4 Å². The van der Waals surface area contributed by atoms with Gasteiger partial charge in [0, 0.05) is 10.9 Å². The zero-order chi connectivity index (χ0) is 15.4. The number of aryl methyl sites for hydroxylation is 1. The second kappa shape index (κ2) is 7.60. The van der Waals surface area contributed by atoms with E-state index in [2.05, 4.69) is 44.8 Å². The number of hydrogen-bond acceptors (Lipinski definition) is 2. The summed E-state index contributed by atoms with van der Waals surface area (Å²) in [5.41, 5.74) is 2.70. The van der Waals surface area contributed by atoms with Crippen LogP contribution in [-0.4, -0.2) is 19.0 Å². The van der Waals surface area contributed by atoms with E-state index in [1.165, 1.54) is 36.8 Å². The van der Waals surface area contributed by atoms with Gasteiger partial charge in [0.1, 0.15) is 0 Å². The molecule has 1 aliphatic heterocycles. The van der Waals surface area contributed by atoms with Crippen LogP contribution in [0.2, 0.25) is 0 Å². The molecule has 22 heavy (non-hydrogen) atoms. The van der Waals surface area contributed by atoms with Crippen molar-refractivity contribution in [3.8, 4) is 0 Å². The van der Waals surface area contributed by atoms with Gasteiger partial charge < -0.3 is 10.6 Å². The van der Waals surface area contributed by atoms with Gasteiger partial charge in [0.2, 0.25) is 5.91 Å². The molecule has 120 valence electrons. The Bertz CT molecular complexity index is 526. The van der Waals surface area contributed by atoms with Gasteiger partial charge in [-0.15, -0.1) is 0 Å². The molecule has 2 atom stereocenters. The average molecular weight is 365 g/mol. The van der Waals surface area contributed by atoms with Gasteiger partial charge in [0.05, 0.1) is 6.04 Å². The number of carbonyl (C=O) groups excluding carboxylic acids is 1. The number of carbonyl (C=O) groups is 1. The third-order valence-corrected chi connectivity index (χ3v) is 5.37. The highest BCUT2D eigenvalue weighted by molar-refractivity contribution is 9.10. The molecule has 0 spiro atoms. The Hall–Kier alpha value is -0.870. The summed E-state index contributed by atoms with van der Waals surface area (Å²) in [6.07, 6.45) is 7.60. The maximum absolute atomic E-state index is 12.4. The molecule has 1 aliphatic carbocycles. The smallest absolute Gasteiger partial charge is 0.220 e. The highest BCUT2D eigenvalue weighted by Crippen LogP contribution is 2.31. The predicted molar refractivity (Wildman–Crippen MR) is 92.8 cm³/mol. The Balaban J connectivity index is 1.65. The summed E-state index contributed by atoms with van der Waals surface area (Å²) in [6.45, 7) is 2.09. The zero-order valence-corrected chi connectivity index (χ0v) is 14.6. The second-order valence-electron chi connectivity index (χ2n) is 6.63. The minimum absolute atomic E-state index is 0.189. The van der Waals surface area contributed by atoms with E-state index < -0.39 is 0 Å². The van der Waals surface area contributed by atoms with Gasteiger partial charge in [0.15, 0.2) is 0 Å². The lowest BCUT2D eigenvalue weighted by molar-refractivity contribution is -0.123. The zero-order valence-electron chi connectivity index (χ0n) is 13.0. The summed E-state index contributed by atoms with van der Waals surface area (Å²) >= 11 is 3.56. The molecule has 0 saturated carbocycles. The molecule has 1 fully saturated rings. The summed E-state index contributed by atoms with van der Waals surface area (Å²) in [6, 6.07) is 6.67. The van der Waals surface area contributed by atoms with Gasteiger partial charge in [-0.3, -0.25) is 4.79 Å². The molecule has 2 aliphatic rings. The normalized spacial score (nSPS) is 25.1. The van der Waals surface area contributed by atoms with Gasteiger partial charge in [-0.2, -0.15) is 0 Å². The maximum atomic E-state index is 12.4. The molecule has 0 radical (unpaired) electrons. The van der Waals surface area contributed by atoms with Crippen molar-refractivity contribution in [2.45, 2.75) is 51.0 Å². The van der Waals surface area contributed by atoms with Crippen molar-refractivity contribution in [1.82, 2.24) is 10.6 Å². The van der Waals surface area contributed by atoms with E-state index in [0.29, 0.717) is 12.3 Å². The Morgan fingerprint density at radius 3 is 3.00 bits per heavy atom. The molecule has 1 saturated heterocycles. The lowest BCUT2D eigenvalue weighted by Crippen LogP contribution is -2.35. The number of amides is 1. The molecule has 1 heterocycles. The van der Waals surface area contributed by atoms with Gasteiger partial charge in [0.25, 0.3) is 0 Å². The molecule has 0 bridgehead atoms. The van der Waals surface area contributed by atoms with E-state index in [1.54, 1.807) is 0 Å². The van der Waals surface area contributed by atoms with Gasteiger partial charge in [-0.25, -0.2) is 0 Å². The maximum Gasteiger partial charge on any atom is 0.220 e. The van der Waals surface area contributed by atoms with Crippen LogP contribution in [0, 0.1) is 5.92 Å². The van der Waals surface area contributed by atoms with Crippen LogP contribution < -0.4 is 10.6 Å². The molecule has 1 amide bonds. The van der Waals surface area contributed by atoms with Crippen molar-refractivity contribution in [3.63, 3.8) is 0 Å². The highest BCUT2D eigenvalue weighted by Gasteiger charge is 2.22. The molecule has 0 aromatic heterocycles. The van der Waals surface area contributed by atoms with E-state index in [1.807, 2.05) is 0 Å². The van der Waals surface area contributed by atoms with E-state index in [4.69, 9.17) is 0 Å². The number of fused-ring (bicyclic) bond motifs is 1.